The summed E-state index contributed by atoms with van der Waals surface area (Å²) in [5, 5.41) is 0. The quantitative estimate of drug-likeness (QED) is 0.789. The van der Waals surface area contributed by atoms with E-state index in [0.717, 1.165) is 53.9 Å². The molecule has 0 unspecified atom stereocenters. The van der Waals surface area contributed by atoms with Crippen LogP contribution < -0.4 is 4.80 Å². The topological polar surface area (TPSA) is 43.6 Å². The standard InChI is InChI=1S/C22H28N2O2S/c1-14-3-4-18-19(7-14)27-21(24(18)5-6-26-2)23-20(25)22-11-15-8-16(12-22)10-17(9-15)13-22/h3-4,7,15-17H,5-6,8-13H2,1-2H3. The highest BCUT2D eigenvalue weighted by Crippen LogP contribution is 2.60. The van der Waals surface area contributed by atoms with E-state index in [1.165, 1.54) is 29.5 Å². The van der Waals surface area contributed by atoms with Gasteiger partial charge < -0.3 is 9.30 Å². The molecule has 6 rings (SSSR count). The second-order valence-electron chi connectivity index (χ2n) is 9.12. The predicted octanol–water partition coefficient (Wildman–Crippen LogP) is 4.30. The number of carbonyl (C=O) groups is 1. The first-order valence-electron chi connectivity index (χ1n) is 10.2. The molecule has 0 aliphatic heterocycles. The fraction of sp³-hybridized carbons (Fsp3) is 0.636. The lowest BCUT2D eigenvalue weighted by Gasteiger charge is -2.55. The SMILES string of the molecule is COCCn1c(=NC(=O)C23CC4CC(CC(C4)C2)C3)sc2cc(C)ccc21. The number of hydrogen-bond acceptors (Lipinski definition) is 3. The Morgan fingerprint density at radius 3 is 2.52 bits per heavy atom. The number of methoxy groups -OCH3 is 1. The Morgan fingerprint density at radius 2 is 1.89 bits per heavy atom. The van der Waals surface area contributed by atoms with E-state index < -0.39 is 0 Å². The summed E-state index contributed by atoms with van der Waals surface area (Å²) in [6, 6.07) is 6.46. The van der Waals surface area contributed by atoms with Crippen LogP contribution in [0.15, 0.2) is 23.2 Å². The van der Waals surface area contributed by atoms with Crippen LogP contribution in [0.5, 0.6) is 0 Å². The van der Waals surface area contributed by atoms with Gasteiger partial charge in [0.15, 0.2) is 4.80 Å². The molecule has 0 atom stereocenters. The molecule has 1 amide bonds. The maximum atomic E-state index is 13.4. The zero-order chi connectivity index (χ0) is 18.6. The Hall–Kier alpha value is -1.46. The lowest BCUT2D eigenvalue weighted by molar-refractivity contribution is -0.142. The zero-order valence-corrected chi connectivity index (χ0v) is 17.1. The summed E-state index contributed by atoms with van der Waals surface area (Å²) in [7, 11) is 1.72. The minimum absolute atomic E-state index is 0.149. The van der Waals surface area contributed by atoms with Gasteiger partial charge in [-0.1, -0.05) is 17.4 Å². The number of carbonyl (C=O) groups excluding carboxylic acids is 1. The van der Waals surface area contributed by atoms with Gasteiger partial charge in [-0.15, -0.1) is 0 Å². The fourth-order valence-corrected chi connectivity index (χ4v) is 7.40. The number of benzene rings is 1. The van der Waals surface area contributed by atoms with Gasteiger partial charge >= 0.3 is 0 Å². The van der Waals surface area contributed by atoms with E-state index in [2.05, 4.69) is 29.7 Å². The van der Waals surface area contributed by atoms with Gasteiger partial charge in [0, 0.05) is 13.7 Å². The van der Waals surface area contributed by atoms with Gasteiger partial charge in [-0.25, -0.2) is 0 Å². The summed E-state index contributed by atoms with van der Waals surface area (Å²) < 4.78 is 8.67. The van der Waals surface area contributed by atoms with Gasteiger partial charge in [0.05, 0.1) is 22.2 Å². The van der Waals surface area contributed by atoms with Crippen LogP contribution in [0, 0.1) is 30.1 Å². The number of thiazole rings is 1. The lowest BCUT2D eigenvalue weighted by Crippen LogP contribution is -2.50. The minimum atomic E-state index is -0.167. The van der Waals surface area contributed by atoms with E-state index in [1.54, 1.807) is 18.4 Å². The smallest absolute Gasteiger partial charge is 0.254 e. The van der Waals surface area contributed by atoms with Gasteiger partial charge in [-0.05, 0) is 80.9 Å². The average molecular weight is 385 g/mol. The Bertz CT molecular complexity index is 920. The van der Waals surface area contributed by atoms with E-state index in [9.17, 15) is 4.79 Å². The summed E-state index contributed by atoms with van der Waals surface area (Å²) in [6.07, 6.45) is 7.27. The van der Waals surface area contributed by atoms with Crippen LogP contribution in [-0.2, 0) is 16.1 Å². The first kappa shape index (κ1) is 17.6. The molecule has 4 nitrogen and oxygen atoms in total. The second-order valence-corrected chi connectivity index (χ2v) is 10.1. The van der Waals surface area contributed by atoms with E-state index in [1.807, 2.05) is 0 Å². The van der Waals surface area contributed by atoms with Gasteiger partial charge in [0.25, 0.3) is 5.91 Å². The fourth-order valence-electron chi connectivity index (χ4n) is 6.24. The molecule has 2 aromatic rings. The molecule has 4 saturated carbocycles. The first-order valence-corrected chi connectivity index (χ1v) is 11.1. The van der Waals surface area contributed by atoms with E-state index in [0.29, 0.717) is 6.61 Å². The van der Waals surface area contributed by atoms with Crippen LogP contribution in [0.2, 0.25) is 0 Å². The van der Waals surface area contributed by atoms with Crippen LogP contribution in [-0.4, -0.2) is 24.2 Å². The monoisotopic (exact) mass is 384 g/mol. The second kappa shape index (κ2) is 6.56. The molecule has 1 aromatic heterocycles. The zero-order valence-electron chi connectivity index (χ0n) is 16.2. The number of aryl methyl sites for hydroxylation is 1. The summed E-state index contributed by atoms with van der Waals surface area (Å²) in [5.74, 6) is 2.44. The third-order valence-electron chi connectivity index (χ3n) is 7.05. The molecule has 4 fully saturated rings. The number of fused-ring (bicyclic) bond motifs is 1. The molecule has 4 aliphatic carbocycles. The van der Waals surface area contributed by atoms with Crippen molar-refractivity contribution in [2.24, 2.45) is 28.2 Å². The number of rotatable bonds is 4. The molecule has 1 aromatic carbocycles. The van der Waals surface area contributed by atoms with Crippen LogP contribution in [0.4, 0.5) is 0 Å². The molecule has 1 heterocycles. The van der Waals surface area contributed by atoms with Crippen molar-refractivity contribution < 1.29 is 9.53 Å². The number of amides is 1. The highest BCUT2D eigenvalue weighted by Gasteiger charge is 2.54. The van der Waals surface area contributed by atoms with E-state index in [-0.39, 0.29) is 11.3 Å². The van der Waals surface area contributed by atoms with Crippen LogP contribution in [0.1, 0.15) is 44.1 Å². The molecule has 4 bridgehead atoms. The molecule has 0 radical (unpaired) electrons. The van der Waals surface area contributed by atoms with Gasteiger partial charge in [-0.2, -0.15) is 4.99 Å². The highest BCUT2D eigenvalue weighted by molar-refractivity contribution is 7.16. The van der Waals surface area contributed by atoms with E-state index >= 15 is 0 Å². The maximum absolute atomic E-state index is 13.4. The van der Waals surface area contributed by atoms with Crippen molar-refractivity contribution in [3.05, 3.63) is 28.6 Å². The van der Waals surface area contributed by atoms with Gasteiger partial charge in [0.2, 0.25) is 0 Å². The summed E-state index contributed by atoms with van der Waals surface area (Å²) in [4.78, 5) is 19.0. The summed E-state index contributed by atoms with van der Waals surface area (Å²) >= 11 is 1.64. The lowest BCUT2D eigenvalue weighted by atomic mass is 9.49. The number of ether oxygens (including phenoxy) is 1. The third kappa shape index (κ3) is 2.99. The Labute approximate surface area is 164 Å². The average Bonchev–Trinajstić information content (AvgIpc) is 2.94. The number of hydrogen-bond donors (Lipinski definition) is 0. The highest BCUT2D eigenvalue weighted by atomic mass is 32.1. The third-order valence-corrected chi connectivity index (χ3v) is 8.09. The molecular weight excluding hydrogens is 356 g/mol. The molecule has 0 saturated heterocycles. The van der Waals surface area contributed by atoms with E-state index in [4.69, 9.17) is 9.73 Å². The Balaban J connectivity index is 1.56. The minimum Gasteiger partial charge on any atom is -0.383 e. The van der Waals surface area contributed by atoms with Crippen molar-refractivity contribution >= 4 is 27.5 Å². The molecular formula is C22H28N2O2S. The molecule has 27 heavy (non-hydrogen) atoms. The van der Waals surface area contributed by atoms with Crippen molar-refractivity contribution in [2.75, 3.05) is 13.7 Å². The van der Waals surface area contributed by atoms with Gasteiger partial charge in [0.1, 0.15) is 0 Å². The van der Waals surface area contributed by atoms with Crippen molar-refractivity contribution in [1.82, 2.24) is 4.57 Å². The van der Waals surface area contributed by atoms with Crippen molar-refractivity contribution in [1.29, 1.82) is 0 Å². The first-order chi connectivity index (χ1) is 13.1. The Morgan fingerprint density at radius 1 is 1.22 bits per heavy atom. The number of aromatic nitrogens is 1. The van der Waals surface area contributed by atoms with Crippen LogP contribution >= 0.6 is 11.3 Å². The van der Waals surface area contributed by atoms with Gasteiger partial charge in [-0.3, -0.25) is 4.79 Å². The Kier molecular flexibility index (Phi) is 4.28. The molecule has 0 spiro atoms. The largest absolute Gasteiger partial charge is 0.383 e. The van der Waals surface area contributed by atoms with Crippen LogP contribution in [0.3, 0.4) is 0 Å². The van der Waals surface area contributed by atoms with Crippen LogP contribution in [0.25, 0.3) is 10.2 Å². The van der Waals surface area contributed by atoms with Crippen molar-refractivity contribution in [2.45, 2.75) is 52.0 Å². The summed E-state index contributed by atoms with van der Waals surface area (Å²) in [6.45, 7) is 3.46. The predicted molar refractivity (Wildman–Crippen MR) is 108 cm³/mol. The van der Waals surface area contributed by atoms with Crippen molar-refractivity contribution in [3.63, 3.8) is 0 Å². The number of nitrogens with zero attached hydrogens (tertiary/aromatic N) is 2. The summed E-state index contributed by atoms with van der Waals surface area (Å²) in [5.41, 5.74) is 2.22. The molecule has 144 valence electrons. The van der Waals surface area contributed by atoms with Crippen molar-refractivity contribution in [3.8, 4) is 0 Å². The molecule has 0 N–H and O–H groups in total. The molecule has 5 heteroatoms. The normalized spacial score (nSPS) is 32.5. The maximum Gasteiger partial charge on any atom is 0.254 e. The molecule has 4 aliphatic rings.